The summed E-state index contributed by atoms with van der Waals surface area (Å²) in [5, 5.41) is 4.07. The molecule has 4 rings (SSSR count). The molecule has 0 fully saturated rings. The number of ether oxygens (including phenoxy) is 1. The monoisotopic (exact) mass is 424 g/mol. The molecule has 2 aromatic carbocycles. The molecule has 0 aliphatic carbocycles. The van der Waals surface area contributed by atoms with Gasteiger partial charge in [0.25, 0.3) is 0 Å². The topological polar surface area (TPSA) is 33.6 Å². The third-order valence-electron chi connectivity index (χ3n) is 5.29. The van der Waals surface area contributed by atoms with Crippen molar-refractivity contribution in [1.82, 2.24) is 0 Å². The Kier molecular flexibility index (Phi) is 5.46. The highest BCUT2D eigenvalue weighted by Crippen LogP contribution is 2.39. The zero-order valence-electron chi connectivity index (χ0n) is 15.7. The van der Waals surface area contributed by atoms with Crippen LogP contribution < -0.4 is 10.1 Å². The van der Waals surface area contributed by atoms with Crippen molar-refractivity contribution in [3.8, 4) is 5.75 Å². The molecule has 3 nitrogen and oxygen atoms in total. The van der Waals surface area contributed by atoms with Gasteiger partial charge in [-0.3, -0.25) is 4.99 Å². The number of hydrogen-bond donors (Lipinski definition) is 1. The van der Waals surface area contributed by atoms with Crippen molar-refractivity contribution in [1.29, 1.82) is 0 Å². The van der Waals surface area contributed by atoms with Crippen LogP contribution in [0.2, 0.25) is 0 Å². The van der Waals surface area contributed by atoms with Gasteiger partial charge in [-0.2, -0.15) is 13.2 Å². The van der Waals surface area contributed by atoms with Crippen molar-refractivity contribution in [3.63, 3.8) is 0 Å². The molecule has 3 unspecified atom stereocenters. The summed E-state index contributed by atoms with van der Waals surface area (Å²) in [6, 6.07) is 10.2. The molecule has 0 saturated heterocycles. The number of anilines is 1. The maximum Gasteiger partial charge on any atom is 0.419 e. The Morgan fingerprint density at radius 2 is 2.00 bits per heavy atom. The number of aliphatic imine (C=N–C) groups is 1. The van der Waals surface area contributed by atoms with Gasteiger partial charge in [-0.15, -0.1) is 11.8 Å². The van der Waals surface area contributed by atoms with E-state index in [0.29, 0.717) is 5.04 Å². The molecular weight excluding hydrogens is 404 g/mol. The Morgan fingerprint density at radius 3 is 2.79 bits per heavy atom. The number of nitrogens with one attached hydrogen (secondary N) is 1. The lowest BCUT2D eigenvalue weighted by molar-refractivity contribution is -0.138. The SMILES string of the molecule is CC1c2ccc(F)cc2NC1CC1CSC(COc2ccccc2C(F)(F)F)=N1. The maximum atomic E-state index is 13.4. The molecule has 154 valence electrons. The van der Waals surface area contributed by atoms with Gasteiger partial charge in [-0.05, 0) is 36.2 Å². The fraction of sp³-hybridized carbons (Fsp3) is 0.381. The Morgan fingerprint density at radius 1 is 1.21 bits per heavy atom. The number of thioether (sulfide) groups is 1. The molecule has 8 heteroatoms. The van der Waals surface area contributed by atoms with Crippen molar-refractivity contribution in [2.75, 3.05) is 17.7 Å². The van der Waals surface area contributed by atoms with E-state index in [1.54, 1.807) is 0 Å². The lowest BCUT2D eigenvalue weighted by atomic mass is 9.93. The summed E-state index contributed by atoms with van der Waals surface area (Å²) in [7, 11) is 0. The average molecular weight is 424 g/mol. The van der Waals surface area contributed by atoms with E-state index in [1.807, 2.05) is 6.07 Å². The van der Waals surface area contributed by atoms with Crippen LogP contribution in [0.5, 0.6) is 5.75 Å². The molecular formula is C21H20F4N2OS. The lowest BCUT2D eigenvalue weighted by Gasteiger charge is -2.18. The Bertz CT molecular complexity index is 931. The number of para-hydroxylation sites is 1. The lowest BCUT2D eigenvalue weighted by Crippen LogP contribution is -2.24. The van der Waals surface area contributed by atoms with Gasteiger partial charge in [-0.25, -0.2) is 4.39 Å². The molecule has 0 spiro atoms. The Labute approximate surface area is 170 Å². The van der Waals surface area contributed by atoms with Crippen LogP contribution in [0.1, 0.15) is 30.4 Å². The molecule has 0 bridgehead atoms. The Balaban J connectivity index is 1.36. The molecule has 2 aliphatic heterocycles. The van der Waals surface area contributed by atoms with E-state index >= 15 is 0 Å². The highest BCUT2D eigenvalue weighted by atomic mass is 32.2. The predicted molar refractivity (Wildman–Crippen MR) is 107 cm³/mol. The standard InChI is InChI=1S/C21H20F4N2OS/c1-12-15-7-6-13(22)8-18(15)27-17(12)9-14-11-29-20(26-14)10-28-19-5-3-2-4-16(19)21(23,24)25/h2-8,12,14,17,27H,9-11H2,1H3. The quantitative estimate of drug-likeness (QED) is 0.623. The summed E-state index contributed by atoms with van der Waals surface area (Å²) in [5.41, 5.74) is 1.14. The van der Waals surface area contributed by atoms with E-state index < -0.39 is 11.7 Å². The summed E-state index contributed by atoms with van der Waals surface area (Å²) in [4.78, 5) is 4.63. The molecule has 0 saturated carbocycles. The fourth-order valence-electron chi connectivity index (χ4n) is 3.78. The molecule has 0 amide bonds. The number of rotatable bonds is 5. The first kappa shape index (κ1) is 20.1. The minimum Gasteiger partial charge on any atom is -0.486 e. The van der Waals surface area contributed by atoms with E-state index in [-0.39, 0.29) is 36.2 Å². The van der Waals surface area contributed by atoms with Crippen LogP contribution in [0.3, 0.4) is 0 Å². The minimum absolute atomic E-state index is 0.0212. The van der Waals surface area contributed by atoms with Gasteiger partial charge >= 0.3 is 6.18 Å². The van der Waals surface area contributed by atoms with Gasteiger partial charge in [0.2, 0.25) is 0 Å². The van der Waals surface area contributed by atoms with Crippen molar-refractivity contribution < 1.29 is 22.3 Å². The molecule has 2 aliphatic rings. The van der Waals surface area contributed by atoms with E-state index in [0.717, 1.165) is 29.5 Å². The second-order valence-corrected chi connectivity index (χ2v) is 8.37. The third-order valence-corrected chi connectivity index (χ3v) is 6.40. The normalized spacial score (nSPS) is 23.5. The van der Waals surface area contributed by atoms with Crippen LogP contribution >= 0.6 is 11.8 Å². The van der Waals surface area contributed by atoms with Crippen LogP contribution in [0.4, 0.5) is 23.2 Å². The number of halogens is 4. The van der Waals surface area contributed by atoms with Crippen molar-refractivity contribution in [2.24, 2.45) is 4.99 Å². The second-order valence-electron chi connectivity index (χ2n) is 7.28. The Hall–Kier alpha value is -2.22. The highest BCUT2D eigenvalue weighted by molar-refractivity contribution is 8.14. The van der Waals surface area contributed by atoms with Gasteiger partial charge in [0, 0.05) is 23.4 Å². The van der Waals surface area contributed by atoms with Crippen molar-refractivity contribution in [2.45, 2.75) is 37.5 Å². The number of fused-ring (bicyclic) bond motifs is 1. The van der Waals surface area contributed by atoms with Crippen molar-refractivity contribution >= 4 is 22.5 Å². The van der Waals surface area contributed by atoms with Crippen LogP contribution in [0.15, 0.2) is 47.5 Å². The third kappa shape index (κ3) is 4.37. The first-order chi connectivity index (χ1) is 13.8. The van der Waals surface area contributed by atoms with Gasteiger partial charge in [-0.1, -0.05) is 25.1 Å². The smallest absolute Gasteiger partial charge is 0.419 e. The van der Waals surface area contributed by atoms with E-state index in [2.05, 4.69) is 17.2 Å². The van der Waals surface area contributed by atoms with Crippen LogP contribution in [0.25, 0.3) is 0 Å². The first-order valence-corrected chi connectivity index (χ1v) is 10.3. The number of alkyl halides is 3. The number of benzene rings is 2. The fourth-order valence-corrected chi connectivity index (χ4v) is 4.75. The van der Waals surface area contributed by atoms with Gasteiger partial charge < -0.3 is 10.1 Å². The van der Waals surface area contributed by atoms with E-state index in [4.69, 9.17) is 4.74 Å². The van der Waals surface area contributed by atoms with Crippen LogP contribution in [-0.4, -0.2) is 29.5 Å². The first-order valence-electron chi connectivity index (χ1n) is 9.36. The summed E-state index contributed by atoms with van der Waals surface area (Å²) in [5.74, 6) is 0.548. The van der Waals surface area contributed by atoms with E-state index in [9.17, 15) is 17.6 Å². The van der Waals surface area contributed by atoms with Crippen LogP contribution in [0, 0.1) is 5.82 Å². The summed E-state index contributed by atoms with van der Waals surface area (Å²) in [6.45, 7) is 2.12. The summed E-state index contributed by atoms with van der Waals surface area (Å²) in [6.07, 6.45) is -3.68. The molecule has 0 aromatic heterocycles. The zero-order valence-corrected chi connectivity index (χ0v) is 16.5. The molecule has 29 heavy (non-hydrogen) atoms. The number of nitrogens with zero attached hydrogens (tertiary/aromatic N) is 1. The highest BCUT2D eigenvalue weighted by Gasteiger charge is 2.35. The molecule has 3 atom stereocenters. The molecule has 1 N–H and O–H groups in total. The van der Waals surface area contributed by atoms with Gasteiger partial charge in [0.1, 0.15) is 23.2 Å². The van der Waals surface area contributed by atoms with Crippen molar-refractivity contribution in [3.05, 3.63) is 59.4 Å². The largest absolute Gasteiger partial charge is 0.486 e. The average Bonchev–Trinajstić information content (AvgIpc) is 3.24. The van der Waals surface area contributed by atoms with E-state index in [1.165, 1.54) is 42.1 Å². The van der Waals surface area contributed by atoms with Crippen LogP contribution in [-0.2, 0) is 6.18 Å². The predicted octanol–water partition coefficient (Wildman–Crippen LogP) is 5.73. The second kappa shape index (κ2) is 7.89. The summed E-state index contributed by atoms with van der Waals surface area (Å²) >= 11 is 1.51. The minimum atomic E-state index is -4.46. The van der Waals surface area contributed by atoms with Gasteiger partial charge in [0.05, 0.1) is 11.6 Å². The number of hydrogen-bond acceptors (Lipinski definition) is 4. The summed E-state index contributed by atoms with van der Waals surface area (Å²) < 4.78 is 58.1. The van der Waals surface area contributed by atoms with Gasteiger partial charge in [0.15, 0.2) is 0 Å². The molecule has 2 heterocycles. The zero-order chi connectivity index (χ0) is 20.6. The molecule has 2 aromatic rings. The molecule has 0 radical (unpaired) electrons. The maximum absolute atomic E-state index is 13.4.